The summed E-state index contributed by atoms with van der Waals surface area (Å²) in [6, 6.07) is 17.0. The smallest absolute Gasteiger partial charge is 0.265 e. The highest BCUT2D eigenvalue weighted by atomic mass is 32.2. The lowest BCUT2D eigenvalue weighted by atomic mass is 10.1. The molecular formula is C32H41N3O8S. The second-order valence-corrected chi connectivity index (χ2v) is 11.9. The summed E-state index contributed by atoms with van der Waals surface area (Å²) in [5.41, 5.74) is 0.851. The van der Waals surface area contributed by atoms with Gasteiger partial charge in [-0.3, -0.25) is 13.9 Å². The number of rotatable bonds is 15. The molecule has 12 heteroatoms. The van der Waals surface area contributed by atoms with Gasteiger partial charge in [0.15, 0.2) is 11.5 Å². The molecule has 0 saturated heterocycles. The molecule has 11 nitrogen and oxygen atoms in total. The number of carbonyl (C=O) groups excluding carboxylic acids is 2. The van der Waals surface area contributed by atoms with Crippen molar-refractivity contribution in [1.82, 2.24) is 10.2 Å². The zero-order valence-corrected chi connectivity index (χ0v) is 27.0. The van der Waals surface area contributed by atoms with Crippen LogP contribution in [0.3, 0.4) is 0 Å². The van der Waals surface area contributed by atoms with E-state index >= 15 is 0 Å². The molecule has 0 unspecified atom stereocenters. The van der Waals surface area contributed by atoms with E-state index in [0.29, 0.717) is 17.9 Å². The summed E-state index contributed by atoms with van der Waals surface area (Å²) in [7, 11) is 1.26. The first-order chi connectivity index (χ1) is 21.0. The highest BCUT2D eigenvalue weighted by molar-refractivity contribution is 7.92. The van der Waals surface area contributed by atoms with E-state index in [1.807, 2.05) is 44.2 Å². The van der Waals surface area contributed by atoms with Crippen molar-refractivity contribution in [2.45, 2.75) is 50.7 Å². The third-order valence-electron chi connectivity index (χ3n) is 7.24. The van der Waals surface area contributed by atoms with Gasteiger partial charge in [-0.2, -0.15) is 0 Å². The van der Waals surface area contributed by atoms with E-state index in [2.05, 4.69) is 5.32 Å². The van der Waals surface area contributed by atoms with Gasteiger partial charge in [0.1, 0.15) is 24.1 Å². The standard InChI is InChI=1S/C32H41N3O8S/c1-8-22(2)33-32(37)23(3)34(20-24-12-10-9-11-13-24)31(36)21-35(27-18-25(40-4)14-16-28(27)41-5)44(38,39)26-15-17-29(42-6)30(19-26)43-7/h9-19,22-23H,8,20-21H2,1-7H3,(H,33,37)/t22-,23-/m1/s1. The summed E-state index contributed by atoms with van der Waals surface area (Å²) in [6.45, 7) is 4.88. The Morgan fingerprint density at radius 2 is 1.45 bits per heavy atom. The number of methoxy groups -OCH3 is 4. The van der Waals surface area contributed by atoms with Gasteiger partial charge in [-0.05, 0) is 50.1 Å². The maximum atomic E-state index is 14.4. The number of carbonyl (C=O) groups is 2. The number of hydrogen-bond donors (Lipinski definition) is 1. The number of ether oxygens (including phenoxy) is 4. The van der Waals surface area contributed by atoms with Crippen LogP contribution in [0.5, 0.6) is 23.0 Å². The number of nitrogens with one attached hydrogen (secondary N) is 1. The van der Waals surface area contributed by atoms with Gasteiger partial charge in [0.2, 0.25) is 11.8 Å². The molecule has 0 radical (unpaired) electrons. The molecule has 0 heterocycles. The van der Waals surface area contributed by atoms with Gasteiger partial charge in [0.05, 0.1) is 39.0 Å². The average Bonchev–Trinajstić information content (AvgIpc) is 3.05. The average molecular weight is 628 g/mol. The van der Waals surface area contributed by atoms with E-state index in [-0.39, 0.29) is 40.6 Å². The Bertz CT molecular complexity index is 1530. The Morgan fingerprint density at radius 3 is 2.05 bits per heavy atom. The van der Waals surface area contributed by atoms with E-state index in [0.717, 1.165) is 9.87 Å². The van der Waals surface area contributed by atoms with Crippen LogP contribution in [-0.4, -0.2) is 72.2 Å². The fourth-order valence-corrected chi connectivity index (χ4v) is 5.87. The van der Waals surface area contributed by atoms with Crippen LogP contribution in [0.15, 0.2) is 71.6 Å². The number of nitrogens with zero attached hydrogens (tertiary/aromatic N) is 2. The van der Waals surface area contributed by atoms with Crippen LogP contribution in [0.25, 0.3) is 0 Å². The highest BCUT2D eigenvalue weighted by Gasteiger charge is 2.34. The van der Waals surface area contributed by atoms with Crippen molar-refractivity contribution in [1.29, 1.82) is 0 Å². The Hall–Kier alpha value is -4.45. The largest absolute Gasteiger partial charge is 0.497 e. The quantitative estimate of drug-likeness (QED) is 0.265. The monoisotopic (exact) mass is 627 g/mol. The maximum Gasteiger partial charge on any atom is 0.265 e. The Kier molecular flexibility index (Phi) is 11.9. The SMILES string of the molecule is CC[C@@H](C)NC(=O)[C@@H](C)N(Cc1ccccc1)C(=O)CN(c1cc(OC)ccc1OC)S(=O)(=O)c1ccc(OC)c(OC)c1. The normalized spacial score (nSPS) is 12.4. The minimum Gasteiger partial charge on any atom is -0.497 e. The van der Waals surface area contributed by atoms with Crippen LogP contribution in [0, 0.1) is 0 Å². The second kappa shape index (κ2) is 15.3. The summed E-state index contributed by atoms with van der Waals surface area (Å²) in [5, 5.41) is 2.92. The number of anilines is 1. The van der Waals surface area contributed by atoms with Crippen molar-refractivity contribution >= 4 is 27.5 Å². The Labute approximate surface area is 259 Å². The van der Waals surface area contributed by atoms with E-state index < -0.39 is 28.5 Å². The molecule has 3 rings (SSSR count). The third-order valence-corrected chi connectivity index (χ3v) is 9.00. The first-order valence-corrected chi connectivity index (χ1v) is 15.5. The molecular weight excluding hydrogens is 586 g/mol. The maximum absolute atomic E-state index is 14.4. The van der Waals surface area contributed by atoms with Gasteiger partial charge >= 0.3 is 0 Å². The van der Waals surface area contributed by atoms with E-state index in [4.69, 9.17) is 18.9 Å². The molecule has 44 heavy (non-hydrogen) atoms. The van der Waals surface area contributed by atoms with Gasteiger partial charge < -0.3 is 29.2 Å². The molecule has 3 aromatic rings. The van der Waals surface area contributed by atoms with Gasteiger partial charge in [0.25, 0.3) is 10.0 Å². The fraction of sp³-hybridized carbons (Fsp3) is 0.375. The molecule has 0 aliphatic carbocycles. The zero-order chi connectivity index (χ0) is 32.4. The number of sulfonamides is 1. The Morgan fingerprint density at radius 1 is 0.818 bits per heavy atom. The van der Waals surface area contributed by atoms with Crippen molar-refractivity contribution in [3.8, 4) is 23.0 Å². The van der Waals surface area contributed by atoms with Crippen LogP contribution in [0.1, 0.15) is 32.8 Å². The summed E-state index contributed by atoms with van der Waals surface area (Å²) >= 11 is 0. The van der Waals surface area contributed by atoms with Gasteiger partial charge in [-0.1, -0.05) is 37.3 Å². The zero-order valence-electron chi connectivity index (χ0n) is 26.2. The van der Waals surface area contributed by atoms with Crippen molar-refractivity contribution in [2.75, 3.05) is 39.3 Å². The molecule has 0 spiro atoms. The highest BCUT2D eigenvalue weighted by Crippen LogP contribution is 2.37. The topological polar surface area (TPSA) is 124 Å². The number of hydrogen-bond acceptors (Lipinski definition) is 8. The molecule has 0 aliphatic rings. The lowest BCUT2D eigenvalue weighted by Gasteiger charge is -2.33. The molecule has 238 valence electrons. The molecule has 0 saturated carbocycles. The van der Waals surface area contributed by atoms with Crippen LogP contribution >= 0.6 is 0 Å². The van der Waals surface area contributed by atoms with E-state index in [1.54, 1.807) is 19.1 Å². The van der Waals surface area contributed by atoms with Crippen LogP contribution in [0.4, 0.5) is 5.69 Å². The molecule has 0 aromatic heterocycles. The molecule has 0 aliphatic heterocycles. The summed E-state index contributed by atoms with van der Waals surface area (Å²) < 4.78 is 51.2. The van der Waals surface area contributed by atoms with Gasteiger partial charge in [-0.25, -0.2) is 8.42 Å². The first kappa shape index (κ1) is 34.0. The fourth-order valence-electron chi connectivity index (χ4n) is 4.44. The Balaban J connectivity index is 2.15. The van der Waals surface area contributed by atoms with E-state index in [1.165, 1.54) is 57.6 Å². The summed E-state index contributed by atoms with van der Waals surface area (Å²) in [4.78, 5) is 28.7. The lowest BCUT2D eigenvalue weighted by Crippen LogP contribution is -2.52. The minimum atomic E-state index is -4.43. The second-order valence-electron chi connectivity index (χ2n) is 10.1. The molecule has 3 aromatic carbocycles. The van der Waals surface area contributed by atoms with Gasteiger partial charge in [0, 0.05) is 24.7 Å². The molecule has 1 N–H and O–H groups in total. The van der Waals surface area contributed by atoms with Crippen LogP contribution in [-0.2, 0) is 26.2 Å². The summed E-state index contributed by atoms with van der Waals surface area (Å²) in [5.74, 6) is 0.121. The molecule has 2 atom stereocenters. The predicted molar refractivity (Wildman–Crippen MR) is 168 cm³/mol. The first-order valence-electron chi connectivity index (χ1n) is 14.1. The van der Waals surface area contributed by atoms with Crippen molar-refractivity contribution < 1.29 is 37.0 Å². The molecule has 0 fully saturated rings. The van der Waals surface area contributed by atoms with Crippen molar-refractivity contribution in [3.63, 3.8) is 0 Å². The van der Waals surface area contributed by atoms with Crippen LogP contribution in [0.2, 0.25) is 0 Å². The predicted octanol–water partition coefficient (Wildman–Crippen LogP) is 4.25. The number of amides is 2. The van der Waals surface area contributed by atoms with Crippen molar-refractivity contribution in [3.05, 3.63) is 72.3 Å². The van der Waals surface area contributed by atoms with Crippen molar-refractivity contribution in [2.24, 2.45) is 0 Å². The number of benzene rings is 3. The summed E-state index contributed by atoms with van der Waals surface area (Å²) in [6.07, 6.45) is 0.706. The lowest BCUT2D eigenvalue weighted by molar-refractivity contribution is -0.139. The molecule has 2 amide bonds. The third kappa shape index (κ3) is 7.93. The van der Waals surface area contributed by atoms with E-state index in [9.17, 15) is 18.0 Å². The van der Waals surface area contributed by atoms with Gasteiger partial charge in [-0.15, -0.1) is 0 Å². The molecule has 0 bridgehead atoms. The minimum absolute atomic E-state index is 0.0753. The van der Waals surface area contributed by atoms with Crippen LogP contribution < -0.4 is 28.6 Å².